The molecule has 0 amide bonds. The molecule has 1 aliphatic rings. The van der Waals surface area contributed by atoms with Crippen molar-refractivity contribution in [3.05, 3.63) is 52.3 Å². The molecule has 116 valence electrons. The molecule has 1 aromatic carbocycles. The Balaban J connectivity index is 2.09. The number of benzene rings is 1. The Bertz CT molecular complexity index is 759. The van der Waals surface area contributed by atoms with Gasteiger partial charge in [0, 0.05) is 18.3 Å². The van der Waals surface area contributed by atoms with Crippen LogP contribution in [0, 0.1) is 6.92 Å². The number of carbonyl (C=O) groups is 1. The lowest BCUT2D eigenvalue weighted by Crippen LogP contribution is -2.16. The van der Waals surface area contributed by atoms with Crippen LogP contribution in [0.2, 0.25) is 0 Å². The van der Waals surface area contributed by atoms with Crippen LogP contribution in [0.5, 0.6) is 5.75 Å². The summed E-state index contributed by atoms with van der Waals surface area (Å²) in [6.07, 6.45) is -5.38. The third kappa shape index (κ3) is 2.49. The van der Waals surface area contributed by atoms with Crippen molar-refractivity contribution in [1.82, 2.24) is 4.57 Å². The largest absolute Gasteiger partial charge is 0.488 e. The average molecular weight is 309 g/mol. The molecule has 1 aromatic heterocycles. The molecule has 0 fully saturated rings. The summed E-state index contributed by atoms with van der Waals surface area (Å²) >= 11 is 0. The Morgan fingerprint density at radius 3 is 2.68 bits per heavy atom. The average Bonchev–Trinajstić information content (AvgIpc) is 2.62. The van der Waals surface area contributed by atoms with Crippen molar-refractivity contribution in [3.8, 4) is 5.75 Å². The van der Waals surface area contributed by atoms with Crippen LogP contribution in [0.4, 0.5) is 13.2 Å². The maximum atomic E-state index is 12.7. The van der Waals surface area contributed by atoms with E-state index < -0.39 is 12.6 Å². The van der Waals surface area contributed by atoms with E-state index in [2.05, 4.69) is 0 Å². The number of halogens is 3. The molecule has 0 bridgehead atoms. The summed E-state index contributed by atoms with van der Waals surface area (Å²) in [4.78, 5) is 12.7. The molecule has 22 heavy (non-hydrogen) atoms. The van der Waals surface area contributed by atoms with Gasteiger partial charge in [0.1, 0.15) is 12.4 Å². The van der Waals surface area contributed by atoms with Gasteiger partial charge < -0.3 is 9.30 Å². The fraction of sp³-hybridized carbons (Fsp3) is 0.312. The van der Waals surface area contributed by atoms with Gasteiger partial charge in [-0.25, -0.2) is 0 Å². The Morgan fingerprint density at radius 1 is 1.27 bits per heavy atom. The van der Waals surface area contributed by atoms with Crippen LogP contribution >= 0.6 is 0 Å². The van der Waals surface area contributed by atoms with E-state index in [1.807, 2.05) is 6.92 Å². The number of rotatable bonds is 1. The zero-order chi connectivity index (χ0) is 16.1. The van der Waals surface area contributed by atoms with Gasteiger partial charge in [0.15, 0.2) is 0 Å². The SMILES string of the molecule is Cc1ccc2c(c1)OCc1cc(CC(F)(F)F)n(C)c1C2=O. The van der Waals surface area contributed by atoms with Gasteiger partial charge in [-0.2, -0.15) is 13.2 Å². The molecule has 2 aromatic rings. The summed E-state index contributed by atoms with van der Waals surface area (Å²) in [6, 6.07) is 6.60. The Labute approximate surface area is 125 Å². The molecule has 1 aliphatic heterocycles. The van der Waals surface area contributed by atoms with Crippen molar-refractivity contribution in [2.75, 3.05) is 0 Å². The highest BCUT2D eigenvalue weighted by Gasteiger charge is 2.32. The van der Waals surface area contributed by atoms with E-state index in [0.29, 0.717) is 16.9 Å². The van der Waals surface area contributed by atoms with Crippen LogP contribution in [0.3, 0.4) is 0 Å². The predicted molar refractivity (Wildman–Crippen MR) is 74.1 cm³/mol. The number of aromatic nitrogens is 1. The van der Waals surface area contributed by atoms with Gasteiger partial charge in [0.25, 0.3) is 0 Å². The number of hydrogen-bond acceptors (Lipinski definition) is 2. The summed E-state index contributed by atoms with van der Waals surface area (Å²) < 4.78 is 44.8. The number of ether oxygens (including phenoxy) is 1. The third-order valence-corrected chi connectivity index (χ3v) is 3.77. The number of aryl methyl sites for hydroxylation is 1. The Kier molecular flexibility index (Phi) is 3.27. The van der Waals surface area contributed by atoms with Crippen LogP contribution in [-0.2, 0) is 20.1 Å². The van der Waals surface area contributed by atoms with Crippen molar-refractivity contribution in [2.24, 2.45) is 7.05 Å². The molecule has 0 spiro atoms. The molecule has 3 rings (SSSR count). The van der Waals surface area contributed by atoms with E-state index in [4.69, 9.17) is 4.74 Å². The Morgan fingerprint density at radius 2 is 2.00 bits per heavy atom. The van der Waals surface area contributed by atoms with Crippen LogP contribution < -0.4 is 4.74 Å². The van der Waals surface area contributed by atoms with Crippen LogP contribution in [-0.4, -0.2) is 16.5 Å². The molecular formula is C16H14F3NO2. The first-order valence-electron chi connectivity index (χ1n) is 6.78. The highest BCUT2D eigenvalue weighted by atomic mass is 19.4. The molecule has 0 radical (unpaired) electrons. The van der Waals surface area contributed by atoms with Gasteiger partial charge in [-0.1, -0.05) is 6.07 Å². The Hall–Kier alpha value is -2.24. The van der Waals surface area contributed by atoms with Crippen LogP contribution in [0.1, 0.15) is 32.9 Å². The molecular weight excluding hydrogens is 295 g/mol. The molecule has 2 heterocycles. The zero-order valence-corrected chi connectivity index (χ0v) is 12.1. The van der Waals surface area contributed by atoms with Gasteiger partial charge in [-0.3, -0.25) is 4.79 Å². The topological polar surface area (TPSA) is 31.2 Å². The molecule has 0 aliphatic carbocycles. The second-order valence-electron chi connectivity index (χ2n) is 5.48. The first-order chi connectivity index (χ1) is 10.3. The van der Waals surface area contributed by atoms with Gasteiger partial charge in [-0.15, -0.1) is 0 Å². The maximum absolute atomic E-state index is 12.7. The smallest absolute Gasteiger partial charge is 0.394 e. The second-order valence-corrected chi connectivity index (χ2v) is 5.48. The number of alkyl halides is 3. The van der Waals surface area contributed by atoms with Crippen molar-refractivity contribution in [2.45, 2.75) is 26.1 Å². The van der Waals surface area contributed by atoms with E-state index in [9.17, 15) is 18.0 Å². The standard InChI is InChI=1S/C16H14F3NO2/c1-9-3-4-12-13(5-9)22-8-10-6-11(7-16(17,18)19)20(2)14(10)15(12)21/h3-6H,7-8H2,1-2H3. The first-order valence-corrected chi connectivity index (χ1v) is 6.78. The summed E-state index contributed by atoms with van der Waals surface area (Å²) in [5, 5.41) is 0. The van der Waals surface area contributed by atoms with Gasteiger partial charge in [-0.05, 0) is 30.7 Å². The molecule has 0 N–H and O–H groups in total. The minimum atomic E-state index is -4.32. The number of nitrogens with zero attached hydrogens (tertiary/aromatic N) is 1. The third-order valence-electron chi connectivity index (χ3n) is 3.77. The van der Waals surface area contributed by atoms with Gasteiger partial charge in [0.2, 0.25) is 5.78 Å². The quantitative estimate of drug-likeness (QED) is 0.806. The van der Waals surface area contributed by atoms with Crippen molar-refractivity contribution in [3.63, 3.8) is 0 Å². The summed E-state index contributed by atoms with van der Waals surface area (Å²) in [5.41, 5.74) is 2.15. The van der Waals surface area contributed by atoms with Crippen LogP contribution in [0.25, 0.3) is 0 Å². The number of ketones is 1. The first kappa shape index (κ1) is 14.7. The molecule has 0 atom stereocenters. The fourth-order valence-electron chi connectivity index (χ4n) is 2.73. The molecule has 6 heteroatoms. The van der Waals surface area contributed by atoms with Crippen molar-refractivity contribution < 1.29 is 22.7 Å². The highest BCUT2D eigenvalue weighted by Crippen LogP contribution is 2.32. The van der Waals surface area contributed by atoms with Crippen molar-refractivity contribution >= 4 is 5.78 Å². The highest BCUT2D eigenvalue weighted by molar-refractivity contribution is 6.11. The lowest BCUT2D eigenvalue weighted by Gasteiger charge is -2.10. The monoisotopic (exact) mass is 309 g/mol. The molecule has 0 unspecified atom stereocenters. The molecule has 3 nitrogen and oxygen atoms in total. The molecule has 0 saturated heterocycles. The van der Waals surface area contributed by atoms with E-state index in [-0.39, 0.29) is 23.8 Å². The summed E-state index contributed by atoms with van der Waals surface area (Å²) in [6.45, 7) is 1.97. The minimum absolute atomic E-state index is 0.0602. The normalized spacial score (nSPS) is 14.1. The van der Waals surface area contributed by atoms with E-state index in [0.717, 1.165) is 5.56 Å². The lowest BCUT2D eigenvalue weighted by atomic mass is 10.0. The van der Waals surface area contributed by atoms with Gasteiger partial charge in [0.05, 0.1) is 17.7 Å². The fourth-order valence-corrected chi connectivity index (χ4v) is 2.73. The summed E-state index contributed by atoms with van der Waals surface area (Å²) in [7, 11) is 1.48. The number of hydrogen-bond donors (Lipinski definition) is 0. The van der Waals surface area contributed by atoms with E-state index in [1.54, 1.807) is 18.2 Å². The summed E-state index contributed by atoms with van der Waals surface area (Å²) in [5.74, 6) is 0.164. The second kappa shape index (κ2) is 4.90. The van der Waals surface area contributed by atoms with Gasteiger partial charge >= 0.3 is 6.18 Å². The van der Waals surface area contributed by atoms with E-state index >= 15 is 0 Å². The zero-order valence-electron chi connectivity index (χ0n) is 12.1. The van der Waals surface area contributed by atoms with Crippen molar-refractivity contribution in [1.29, 1.82) is 0 Å². The minimum Gasteiger partial charge on any atom is -0.488 e. The van der Waals surface area contributed by atoms with Crippen LogP contribution in [0.15, 0.2) is 24.3 Å². The maximum Gasteiger partial charge on any atom is 0.394 e. The predicted octanol–water partition coefficient (Wildman–Crippen LogP) is 3.56. The molecule has 0 saturated carbocycles. The number of fused-ring (bicyclic) bond motifs is 2. The lowest BCUT2D eigenvalue weighted by molar-refractivity contribution is -0.128. The number of carbonyl (C=O) groups excluding carboxylic acids is 1. The van der Waals surface area contributed by atoms with E-state index in [1.165, 1.54) is 17.7 Å².